The third kappa shape index (κ3) is 4.70. The van der Waals surface area contributed by atoms with Crippen molar-refractivity contribution in [3.8, 4) is 0 Å². The number of hydrogen-bond acceptors (Lipinski definition) is 3. The Morgan fingerprint density at radius 1 is 1.05 bits per heavy atom. The Kier molecular flexibility index (Phi) is 6.65. The molecule has 2 N–H and O–H groups in total. The smallest absolute Gasteiger partial charge is 0.222 e. The van der Waals surface area contributed by atoms with Gasteiger partial charge in [0.1, 0.15) is 5.82 Å². The van der Waals surface area contributed by atoms with Gasteiger partial charge in [-0.1, -0.05) is 25.0 Å². The van der Waals surface area contributed by atoms with Crippen LogP contribution in [0.15, 0.2) is 24.3 Å². The fraction of sp³-hybridized carbons (Fsp3) is 0.588. The summed E-state index contributed by atoms with van der Waals surface area (Å²) in [5.41, 5.74) is 6.09. The molecule has 122 valence electrons. The summed E-state index contributed by atoms with van der Waals surface area (Å²) in [4.78, 5) is 16.1. The number of carbonyl (C=O) groups excluding carboxylic acids is 1. The van der Waals surface area contributed by atoms with E-state index in [1.807, 2.05) is 15.9 Å². The molecule has 1 aliphatic heterocycles. The number of hydrogen-bond donors (Lipinski definition) is 1. The molecular weight excluding hydrogens is 281 g/mol. The van der Waals surface area contributed by atoms with Crippen molar-refractivity contribution in [1.82, 2.24) is 4.90 Å². The number of amides is 1. The average molecular weight is 307 g/mol. The van der Waals surface area contributed by atoms with Gasteiger partial charge in [-0.2, -0.15) is 0 Å². The number of rotatable bonds is 7. The second kappa shape index (κ2) is 8.73. The van der Waals surface area contributed by atoms with Crippen molar-refractivity contribution in [2.24, 2.45) is 5.73 Å². The summed E-state index contributed by atoms with van der Waals surface area (Å²) < 4.78 is 13.8. The molecule has 2 rings (SSSR count). The summed E-state index contributed by atoms with van der Waals surface area (Å²) in [7, 11) is 0. The molecule has 0 aromatic heterocycles. The van der Waals surface area contributed by atoms with E-state index in [1.54, 1.807) is 12.1 Å². The van der Waals surface area contributed by atoms with Crippen molar-refractivity contribution in [1.29, 1.82) is 0 Å². The number of piperazine rings is 1. The van der Waals surface area contributed by atoms with Gasteiger partial charge in [-0.25, -0.2) is 4.39 Å². The maximum Gasteiger partial charge on any atom is 0.222 e. The first-order valence-electron chi connectivity index (χ1n) is 8.19. The van der Waals surface area contributed by atoms with E-state index in [-0.39, 0.29) is 11.7 Å². The highest BCUT2D eigenvalue weighted by Gasteiger charge is 2.22. The summed E-state index contributed by atoms with van der Waals surface area (Å²) in [5, 5.41) is 0. The third-order valence-electron chi connectivity index (χ3n) is 4.17. The van der Waals surface area contributed by atoms with E-state index in [2.05, 4.69) is 0 Å². The Bertz CT molecular complexity index is 473. The fourth-order valence-electron chi connectivity index (χ4n) is 2.84. The SMILES string of the molecule is NCCCCCCC(=O)N1CCN(c2ccccc2F)CC1. The minimum Gasteiger partial charge on any atom is -0.366 e. The largest absolute Gasteiger partial charge is 0.366 e. The van der Waals surface area contributed by atoms with Gasteiger partial charge in [-0.3, -0.25) is 4.79 Å². The number of halogens is 1. The van der Waals surface area contributed by atoms with E-state index in [0.29, 0.717) is 38.3 Å². The van der Waals surface area contributed by atoms with Crippen LogP contribution in [-0.2, 0) is 4.79 Å². The van der Waals surface area contributed by atoms with Gasteiger partial charge in [-0.15, -0.1) is 0 Å². The molecule has 1 saturated heterocycles. The molecule has 0 aliphatic carbocycles. The molecule has 1 heterocycles. The fourth-order valence-corrected chi connectivity index (χ4v) is 2.84. The Labute approximate surface area is 132 Å². The first kappa shape index (κ1) is 16.7. The van der Waals surface area contributed by atoms with E-state index >= 15 is 0 Å². The minimum absolute atomic E-state index is 0.192. The molecule has 1 amide bonds. The summed E-state index contributed by atoms with van der Waals surface area (Å²) in [6.45, 7) is 3.47. The van der Waals surface area contributed by atoms with Crippen molar-refractivity contribution in [3.63, 3.8) is 0 Å². The van der Waals surface area contributed by atoms with Crippen LogP contribution >= 0.6 is 0 Å². The van der Waals surface area contributed by atoms with Crippen LogP contribution < -0.4 is 10.6 Å². The average Bonchev–Trinajstić information content (AvgIpc) is 2.55. The predicted octanol–water partition coefficient (Wildman–Crippen LogP) is 2.38. The second-order valence-corrected chi connectivity index (χ2v) is 5.77. The Morgan fingerprint density at radius 3 is 2.41 bits per heavy atom. The maximum absolute atomic E-state index is 13.8. The summed E-state index contributed by atoms with van der Waals surface area (Å²) in [6, 6.07) is 6.82. The number of nitrogens with zero attached hydrogens (tertiary/aromatic N) is 2. The van der Waals surface area contributed by atoms with E-state index in [1.165, 1.54) is 6.07 Å². The molecule has 0 unspecified atom stereocenters. The first-order chi connectivity index (χ1) is 10.7. The standard InChI is InChI=1S/C17H26FN3O/c18-15-7-4-5-8-16(15)20-11-13-21(14-12-20)17(22)9-3-1-2-6-10-19/h4-5,7-8H,1-3,6,9-14,19H2. The molecule has 4 nitrogen and oxygen atoms in total. The lowest BCUT2D eigenvalue weighted by atomic mass is 10.1. The van der Waals surface area contributed by atoms with Crippen molar-refractivity contribution in [3.05, 3.63) is 30.1 Å². The van der Waals surface area contributed by atoms with Crippen LogP contribution in [0, 0.1) is 5.82 Å². The van der Waals surface area contributed by atoms with E-state index in [0.717, 1.165) is 32.2 Å². The molecule has 1 aromatic carbocycles. The monoisotopic (exact) mass is 307 g/mol. The van der Waals surface area contributed by atoms with Crippen LogP contribution in [-0.4, -0.2) is 43.5 Å². The van der Waals surface area contributed by atoms with Gasteiger partial charge >= 0.3 is 0 Å². The number of nitrogens with two attached hydrogens (primary N) is 1. The molecular formula is C17H26FN3O. The molecule has 1 aromatic rings. The van der Waals surface area contributed by atoms with Gasteiger partial charge in [0.25, 0.3) is 0 Å². The summed E-state index contributed by atoms with van der Waals surface area (Å²) >= 11 is 0. The lowest BCUT2D eigenvalue weighted by molar-refractivity contribution is -0.131. The normalized spacial score (nSPS) is 15.2. The van der Waals surface area contributed by atoms with Crippen molar-refractivity contribution in [2.45, 2.75) is 32.1 Å². The predicted molar refractivity (Wildman–Crippen MR) is 87.3 cm³/mol. The van der Waals surface area contributed by atoms with Crippen molar-refractivity contribution in [2.75, 3.05) is 37.6 Å². The van der Waals surface area contributed by atoms with E-state index in [9.17, 15) is 9.18 Å². The lowest BCUT2D eigenvalue weighted by Crippen LogP contribution is -2.49. The Balaban J connectivity index is 1.72. The number of anilines is 1. The van der Waals surface area contributed by atoms with Gasteiger partial charge in [-0.05, 0) is 31.5 Å². The third-order valence-corrected chi connectivity index (χ3v) is 4.17. The van der Waals surface area contributed by atoms with Gasteiger partial charge in [0.05, 0.1) is 5.69 Å². The zero-order valence-corrected chi connectivity index (χ0v) is 13.1. The number of para-hydroxylation sites is 1. The summed E-state index contributed by atoms with van der Waals surface area (Å²) in [6.07, 6.45) is 4.76. The Hall–Kier alpha value is -1.62. The zero-order chi connectivity index (χ0) is 15.8. The highest BCUT2D eigenvalue weighted by molar-refractivity contribution is 5.76. The van der Waals surface area contributed by atoms with E-state index in [4.69, 9.17) is 5.73 Å². The van der Waals surface area contributed by atoms with Gasteiger partial charge in [0, 0.05) is 32.6 Å². The summed E-state index contributed by atoms with van der Waals surface area (Å²) in [5.74, 6) is 0.0307. The zero-order valence-electron chi connectivity index (χ0n) is 13.1. The van der Waals surface area contributed by atoms with Crippen molar-refractivity contribution < 1.29 is 9.18 Å². The van der Waals surface area contributed by atoms with Crippen LogP contribution in [0.2, 0.25) is 0 Å². The molecule has 1 aliphatic rings. The quantitative estimate of drug-likeness (QED) is 0.787. The lowest BCUT2D eigenvalue weighted by Gasteiger charge is -2.36. The highest BCUT2D eigenvalue weighted by Crippen LogP contribution is 2.20. The molecule has 0 bridgehead atoms. The molecule has 0 radical (unpaired) electrons. The second-order valence-electron chi connectivity index (χ2n) is 5.77. The first-order valence-corrected chi connectivity index (χ1v) is 8.19. The highest BCUT2D eigenvalue weighted by atomic mass is 19.1. The van der Waals surface area contributed by atoms with Crippen LogP contribution in [0.4, 0.5) is 10.1 Å². The molecule has 0 atom stereocenters. The molecule has 1 fully saturated rings. The number of benzene rings is 1. The van der Waals surface area contributed by atoms with Crippen molar-refractivity contribution >= 4 is 11.6 Å². The molecule has 5 heteroatoms. The van der Waals surface area contributed by atoms with Crippen LogP contribution in [0.5, 0.6) is 0 Å². The van der Waals surface area contributed by atoms with Crippen LogP contribution in [0.3, 0.4) is 0 Å². The minimum atomic E-state index is -0.192. The number of carbonyl (C=O) groups is 1. The maximum atomic E-state index is 13.8. The van der Waals surface area contributed by atoms with Crippen LogP contribution in [0.1, 0.15) is 32.1 Å². The van der Waals surface area contributed by atoms with E-state index < -0.39 is 0 Å². The van der Waals surface area contributed by atoms with Gasteiger partial charge in [0.2, 0.25) is 5.91 Å². The Morgan fingerprint density at radius 2 is 1.73 bits per heavy atom. The van der Waals surface area contributed by atoms with Gasteiger partial charge < -0.3 is 15.5 Å². The molecule has 0 spiro atoms. The number of unbranched alkanes of at least 4 members (excludes halogenated alkanes) is 3. The van der Waals surface area contributed by atoms with Crippen LogP contribution in [0.25, 0.3) is 0 Å². The van der Waals surface area contributed by atoms with Gasteiger partial charge in [0.15, 0.2) is 0 Å². The molecule has 22 heavy (non-hydrogen) atoms. The molecule has 0 saturated carbocycles. The topological polar surface area (TPSA) is 49.6 Å².